The average Bonchev–Trinajstić information content (AvgIpc) is 3.21. The number of nitrogens with zero attached hydrogens (tertiary/aromatic N) is 2. The summed E-state index contributed by atoms with van der Waals surface area (Å²) in [6, 6.07) is 5.18. The van der Waals surface area contributed by atoms with Crippen molar-refractivity contribution in [2.45, 2.75) is 32.6 Å². The molecule has 128 valence electrons. The van der Waals surface area contributed by atoms with Crippen LogP contribution in [0.25, 0.3) is 0 Å². The van der Waals surface area contributed by atoms with Crippen molar-refractivity contribution in [2.24, 2.45) is 0 Å². The third kappa shape index (κ3) is 3.59. The Morgan fingerprint density at radius 1 is 1.33 bits per heavy atom. The van der Waals surface area contributed by atoms with E-state index in [1.54, 1.807) is 18.2 Å². The van der Waals surface area contributed by atoms with E-state index < -0.39 is 0 Å². The third-order valence-electron chi connectivity index (χ3n) is 3.85. The highest BCUT2D eigenvalue weighted by Gasteiger charge is 2.23. The van der Waals surface area contributed by atoms with Crippen molar-refractivity contribution >= 4 is 22.4 Å². The summed E-state index contributed by atoms with van der Waals surface area (Å²) in [6.07, 6.45) is 0.947. The van der Waals surface area contributed by atoms with Crippen LogP contribution in [-0.4, -0.2) is 29.5 Å². The number of nitrogens with one attached hydrogen (secondary N) is 1. The molecule has 24 heavy (non-hydrogen) atoms. The fourth-order valence-electron chi connectivity index (χ4n) is 1.97. The molecule has 1 N–H and O–H groups in total. The molecule has 0 atom stereocenters. The van der Waals surface area contributed by atoms with Crippen molar-refractivity contribution in [1.82, 2.24) is 10.2 Å². The van der Waals surface area contributed by atoms with Gasteiger partial charge in [-0.1, -0.05) is 32.1 Å². The lowest BCUT2D eigenvalue weighted by Gasteiger charge is -2.17. The van der Waals surface area contributed by atoms with Gasteiger partial charge in [-0.15, -0.1) is 10.2 Å². The van der Waals surface area contributed by atoms with Crippen molar-refractivity contribution in [3.63, 3.8) is 0 Å². The molecular weight excluding hydrogens is 330 g/mol. The van der Waals surface area contributed by atoms with Crippen LogP contribution < -0.4 is 19.5 Å². The number of rotatable bonds is 6. The quantitative estimate of drug-likeness (QED) is 0.863. The number of carbonyl (C=O) groups is 1. The van der Waals surface area contributed by atoms with E-state index in [-0.39, 0.29) is 24.7 Å². The molecular formula is C16H19N3O4S. The Kier molecular flexibility index (Phi) is 4.57. The van der Waals surface area contributed by atoms with E-state index in [1.807, 2.05) is 0 Å². The normalized spacial score (nSPS) is 13.0. The Morgan fingerprint density at radius 2 is 2.12 bits per heavy atom. The van der Waals surface area contributed by atoms with E-state index in [0.717, 1.165) is 11.4 Å². The molecule has 0 saturated carbocycles. The highest BCUT2D eigenvalue weighted by molar-refractivity contribution is 7.15. The van der Waals surface area contributed by atoms with Gasteiger partial charge in [0.1, 0.15) is 10.8 Å². The van der Waals surface area contributed by atoms with Crippen LogP contribution in [0.4, 0.5) is 5.13 Å². The number of benzene rings is 1. The maximum Gasteiger partial charge on any atom is 0.264 e. The number of hydrogen-bond acceptors (Lipinski definition) is 7. The molecule has 3 rings (SSSR count). The van der Waals surface area contributed by atoms with Gasteiger partial charge in [0.05, 0.1) is 0 Å². The Bertz CT molecular complexity index is 745. The number of ether oxygens (including phenoxy) is 3. The molecule has 7 nitrogen and oxygen atoms in total. The number of aromatic nitrogens is 2. The van der Waals surface area contributed by atoms with E-state index in [2.05, 4.69) is 36.3 Å². The minimum Gasteiger partial charge on any atom is -0.484 e. The van der Waals surface area contributed by atoms with Crippen LogP contribution in [0.5, 0.6) is 17.2 Å². The number of anilines is 1. The van der Waals surface area contributed by atoms with E-state index in [0.29, 0.717) is 22.4 Å². The van der Waals surface area contributed by atoms with Crippen LogP contribution in [0.15, 0.2) is 18.2 Å². The van der Waals surface area contributed by atoms with Crippen LogP contribution in [0.1, 0.15) is 32.2 Å². The van der Waals surface area contributed by atoms with E-state index in [9.17, 15) is 4.79 Å². The maximum atomic E-state index is 12.0. The first-order valence-electron chi connectivity index (χ1n) is 7.64. The highest BCUT2D eigenvalue weighted by atomic mass is 32.1. The molecule has 0 saturated heterocycles. The lowest BCUT2D eigenvalue weighted by Crippen LogP contribution is -2.20. The smallest absolute Gasteiger partial charge is 0.264 e. The second-order valence-corrected chi connectivity index (χ2v) is 6.98. The predicted octanol–water partition coefficient (Wildman–Crippen LogP) is 2.97. The number of carbonyl (C=O) groups excluding carboxylic acids is 1. The summed E-state index contributed by atoms with van der Waals surface area (Å²) in [6.45, 7) is 6.38. The lowest BCUT2D eigenvalue weighted by molar-refractivity contribution is -0.118. The number of amides is 1. The van der Waals surface area contributed by atoms with E-state index >= 15 is 0 Å². The summed E-state index contributed by atoms with van der Waals surface area (Å²) in [5.74, 6) is 1.54. The standard InChI is InChI=1S/C16H19N3O4S/c1-4-16(2,3)14-18-19-15(24-14)17-13(20)8-21-10-5-6-11-12(7-10)23-9-22-11/h5-7H,4,8-9H2,1-3H3,(H,17,19,20). The van der Waals surface area contributed by atoms with Crippen LogP contribution in [-0.2, 0) is 10.2 Å². The Hall–Kier alpha value is -2.35. The average molecular weight is 349 g/mol. The fourth-order valence-corrected chi connectivity index (χ4v) is 2.90. The summed E-state index contributed by atoms with van der Waals surface area (Å²) >= 11 is 1.38. The summed E-state index contributed by atoms with van der Waals surface area (Å²) in [5, 5.41) is 12.3. The van der Waals surface area contributed by atoms with E-state index in [4.69, 9.17) is 14.2 Å². The Labute approximate surface area is 144 Å². The van der Waals surface area contributed by atoms with Gasteiger partial charge in [-0.25, -0.2) is 0 Å². The molecule has 0 bridgehead atoms. The molecule has 0 aliphatic carbocycles. The maximum absolute atomic E-state index is 12.0. The van der Waals surface area contributed by atoms with E-state index in [1.165, 1.54) is 11.3 Å². The molecule has 0 radical (unpaired) electrons. The molecule has 2 aromatic rings. The first-order chi connectivity index (χ1) is 11.5. The van der Waals surface area contributed by atoms with Crippen LogP contribution in [0, 0.1) is 0 Å². The molecule has 0 unspecified atom stereocenters. The summed E-state index contributed by atoms with van der Waals surface area (Å²) in [5.41, 5.74) is -0.0520. The molecule has 0 spiro atoms. The van der Waals surface area contributed by atoms with Gasteiger partial charge in [0, 0.05) is 11.5 Å². The first-order valence-corrected chi connectivity index (χ1v) is 8.46. The number of fused-ring (bicyclic) bond motifs is 1. The monoisotopic (exact) mass is 349 g/mol. The van der Waals surface area contributed by atoms with Crippen molar-refractivity contribution in [3.05, 3.63) is 23.2 Å². The molecule has 1 aliphatic rings. The molecule has 1 aromatic heterocycles. The van der Waals surface area contributed by atoms with Crippen LogP contribution >= 0.6 is 11.3 Å². The minimum atomic E-state index is -0.287. The van der Waals surface area contributed by atoms with Gasteiger partial charge >= 0.3 is 0 Å². The van der Waals surface area contributed by atoms with Gasteiger partial charge in [-0.2, -0.15) is 0 Å². The largest absolute Gasteiger partial charge is 0.484 e. The molecule has 8 heteroatoms. The molecule has 1 amide bonds. The zero-order chi connectivity index (χ0) is 17.2. The fraction of sp³-hybridized carbons (Fsp3) is 0.438. The Balaban J connectivity index is 1.54. The zero-order valence-electron chi connectivity index (χ0n) is 13.8. The van der Waals surface area contributed by atoms with Gasteiger partial charge < -0.3 is 14.2 Å². The topological polar surface area (TPSA) is 82.6 Å². The second kappa shape index (κ2) is 6.64. The minimum absolute atomic E-state index is 0.0520. The molecule has 2 heterocycles. The van der Waals surface area contributed by atoms with Crippen molar-refractivity contribution in [2.75, 3.05) is 18.7 Å². The predicted molar refractivity (Wildman–Crippen MR) is 89.9 cm³/mol. The van der Waals surface area contributed by atoms with Gasteiger partial charge in [-0.3, -0.25) is 10.1 Å². The third-order valence-corrected chi connectivity index (χ3v) is 5.05. The van der Waals surface area contributed by atoms with Crippen molar-refractivity contribution in [3.8, 4) is 17.2 Å². The summed E-state index contributed by atoms with van der Waals surface area (Å²) in [4.78, 5) is 12.0. The summed E-state index contributed by atoms with van der Waals surface area (Å²) in [7, 11) is 0. The van der Waals surface area contributed by atoms with Crippen molar-refractivity contribution in [1.29, 1.82) is 0 Å². The van der Waals surface area contributed by atoms with Crippen LogP contribution in [0.3, 0.4) is 0 Å². The van der Waals surface area contributed by atoms with Crippen LogP contribution in [0.2, 0.25) is 0 Å². The highest BCUT2D eigenvalue weighted by Crippen LogP contribution is 2.35. The van der Waals surface area contributed by atoms with Gasteiger partial charge in [0.25, 0.3) is 5.91 Å². The van der Waals surface area contributed by atoms with Gasteiger partial charge in [0.15, 0.2) is 18.1 Å². The van der Waals surface area contributed by atoms with Gasteiger partial charge in [0.2, 0.25) is 11.9 Å². The second-order valence-electron chi connectivity index (χ2n) is 6.00. The SMILES string of the molecule is CCC(C)(C)c1nnc(NC(=O)COc2ccc3c(c2)OCO3)s1. The molecule has 1 aromatic carbocycles. The summed E-state index contributed by atoms with van der Waals surface area (Å²) < 4.78 is 16.0. The first kappa shape index (κ1) is 16.5. The van der Waals surface area contributed by atoms with Crippen molar-refractivity contribution < 1.29 is 19.0 Å². The molecule has 1 aliphatic heterocycles. The zero-order valence-corrected chi connectivity index (χ0v) is 14.6. The molecule has 0 fully saturated rings. The lowest BCUT2D eigenvalue weighted by atomic mass is 9.91. The Morgan fingerprint density at radius 3 is 2.92 bits per heavy atom. The van der Waals surface area contributed by atoms with Gasteiger partial charge in [-0.05, 0) is 18.6 Å². The number of hydrogen-bond donors (Lipinski definition) is 1.